The summed E-state index contributed by atoms with van der Waals surface area (Å²) in [4.78, 5) is 19.7. The molecule has 3 atom stereocenters. The Balaban J connectivity index is 1.27. The standard InChI is InChI=1S/C24H25N5O/c30-24-9-4-18-15-25-23(14-22(18)29(24)21-13-16-2-3-17(21)12-16)27-19-5-7-20(8-6-19)28-11-1-10-26-28/h1,5-8,10-11,14-17,21H,2-4,9,12-13H2,(H,25,27). The third-order valence-electron chi connectivity index (χ3n) is 7.04. The maximum atomic E-state index is 12.9. The molecule has 6 nitrogen and oxygen atoms in total. The number of carbonyl (C=O) groups is 1. The van der Waals surface area contributed by atoms with Crippen LogP contribution >= 0.6 is 0 Å². The van der Waals surface area contributed by atoms with Crippen molar-refractivity contribution < 1.29 is 4.79 Å². The highest BCUT2D eigenvalue weighted by molar-refractivity contribution is 5.97. The number of hydrogen-bond acceptors (Lipinski definition) is 4. The van der Waals surface area contributed by atoms with Crippen LogP contribution in [0.5, 0.6) is 0 Å². The van der Waals surface area contributed by atoms with Crippen LogP contribution in [0.3, 0.4) is 0 Å². The molecule has 3 heterocycles. The van der Waals surface area contributed by atoms with Crippen LogP contribution in [0.25, 0.3) is 5.69 Å². The topological polar surface area (TPSA) is 63.1 Å². The first-order valence-electron chi connectivity index (χ1n) is 10.9. The van der Waals surface area contributed by atoms with Crippen molar-refractivity contribution in [1.29, 1.82) is 0 Å². The lowest BCUT2D eigenvalue weighted by molar-refractivity contribution is -0.119. The Kier molecular flexibility index (Phi) is 4.11. The molecule has 2 fully saturated rings. The second-order valence-electron chi connectivity index (χ2n) is 8.83. The average Bonchev–Trinajstić information content (AvgIpc) is 3.53. The van der Waals surface area contributed by atoms with E-state index in [1.165, 1.54) is 24.8 Å². The normalized spacial score (nSPS) is 24.9. The predicted octanol–water partition coefficient (Wildman–Crippen LogP) is 4.48. The van der Waals surface area contributed by atoms with Crippen molar-refractivity contribution in [3.8, 4) is 5.69 Å². The van der Waals surface area contributed by atoms with Gasteiger partial charge in [-0.3, -0.25) is 4.79 Å². The molecule has 2 bridgehead atoms. The zero-order chi connectivity index (χ0) is 20.1. The Bertz CT molecular complexity index is 1080. The summed E-state index contributed by atoms with van der Waals surface area (Å²) in [7, 11) is 0. The molecule has 0 saturated heterocycles. The number of pyridine rings is 1. The highest BCUT2D eigenvalue weighted by Gasteiger charge is 2.45. The van der Waals surface area contributed by atoms with E-state index in [9.17, 15) is 4.79 Å². The summed E-state index contributed by atoms with van der Waals surface area (Å²) < 4.78 is 1.83. The number of anilines is 3. The van der Waals surface area contributed by atoms with Gasteiger partial charge in [0.05, 0.1) is 11.4 Å². The molecule has 30 heavy (non-hydrogen) atoms. The molecule has 0 spiro atoms. The Labute approximate surface area is 175 Å². The fourth-order valence-corrected chi connectivity index (χ4v) is 5.61. The van der Waals surface area contributed by atoms with E-state index < -0.39 is 0 Å². The van der Waals surface area contributed by atoms with Crippen LogP contribution in [0.2, 0.25) is 0 Å². The third-order valence-corrected chi connectivity index (χ3v) is 7.04. The van der Waals surface area contributed by atoms with Crippen LogP contribution in [-0.2, 0) is 11.2 Å². The second-order valence-corrected chi connectivity index (χ2v) is 8.83. The van der Waals surface area contributed by atoms with Gasteiger partial charge in [0, 0.05) is 42.8 Å². The van der Waals surface area contributed by atoms with Crippen LogP contribution in [0.1, 0.15) is 37.7 Å². The monoisotopic (exact) mass is 399 g/mol. The van der Waals surface area contributed by atoms with Gasteiger partial charge in [-0.05, 0) is 73.4 Å². The number of amides is 1. The van der Waals surface area contributed by atoms with Crippen LogP contribution in [-0.4, -0.2) is 26.7 Å². The van der Waals surface area contributed by atoms with Gasteiger partial charge >= 0.3 is 0 Å². The first-order chi connectivity index (χ1) is 14.7. The number of benzene rings is 1. The number of aromatic nitrogens is 3. The van der Waals surface area contributed by atoms with E-state index in [0.29, 0.717) is 18.4 Å². The minimum Gasteiger partial charge on any atom is -0.340 e. The van der Waals surface area contributed by atoms with E-state index in [1.807, 2.05) is 47.4 Å². The molecule has 6 heteroatoms. The summed E-state index contributed by atoms with van der Waals surface area (Å²) in [5.41, 5.74) is 4.23. The van der Waals surface area contributed by atoms with Crippen molar-refractivity contribution >= 4 is 23.1 Å². The molecule has 3 aromatic rings. The quantitative estimate of drug-likeness (QED) is 0.703. The molecular weight excluding hydrogens is 374 g/mol. The number of fused-ring (bicyclic) bond motifs is 3. The summed E-state index contributed by atoms with van der Waals surface area (Å²) >= 11 is 0. The van der Waals surface area contributed by atoms with E-state index in [1.54, 1.807) is 6.20 Å². The smallest absolute Gasteiger partial charge is 0.227 e. The largest absolute Gasteiger partial charge is 0.340 e. The first-order valence-corrected chi connectivity index (χ1v) is 10.9. The molecule has 1 N–H and O–H groups in total. The minimum absolute atomic E-state index is 0.278. The van der Waals surface area contributed by atoms with Gasteiger partial charge in [0.25, 0.3) is 0 Å². The van der Waals surface area contributed by atoms with Gasteiger partial charge in [0.2, 0.25) is 5.91 Å². The maximum absolute atomic E-state index is 12.9. The Morgan fingerprint density at radius 1 is 1.07 bits per heavy atom. The van der Waals surface area contributed by atoms with Gasteiger partial charge in [-0.25, -0.2) is 9.67 Å². The number of carbonyl (C=O) groups excluding carboxylic acids is 1. The van der Waals surface area contributed by atoms with Crippen molar-refractivity contribution in [2.75, 3.05) is 10.2 Å². The molecule has 2 aromatic heterocycles. The maximum Gasteiger partial charge on any atom is 0.227 e. The second kappa shape index (κ2) is 6.97. The molecule has 2 aliphatic carbocycles. The Hall–Kier alpha value is -3.15. The number of nitrogens with one attached hydrogen (secondary N) is 1. The highest BCUT2D eigenvalue weighted by Crippen LogP contribution is 2.49. The summed E-state index contributed by atoms with van der Waals surface area (Å²) in [6, 6.07) is 12.5. The SMILES string of the molecule is O=C1CCc2cnc(Nc3ccc(-n4cccn4)cc3)cc2N1C1CC2CCC1C2. The van der Waals surface area contributed by atoms with E-state index in [2.05, 4.69) is 26.4 Å². The van der Waals surface area contributed by atoms with E-state index in [-0.39, 0.29) is 5.91 Å². The van der Waals surface area contributed by atoms with Gasteiger partial charge in [-0.15, -0.1) is 0 Å². The minimum atomic E-state index is 0.278. The van der Waals surface area contributed by atoms with E-state index in [0.717, 1.165) is 41.6 Å². The summed E-state index contributed by atoms with van der Waals surface area (Å²) in [5, 5.41) is 7.67. The van der Waals surface area contributed by atoms with Crippen molar-refractivity contribution in [3.63, 3.8) is 0 Å². The number of nitrogens with zero attached hydrogens (tertiary/aromatic N) is 4. The fraction of sp³-hybridized carbons (Fsp3) is 0.375. The molecule has 0 radical (unpaired) electrons. The average molecular weight is 399 g/mol. The van der Waals surface area contributed by atoms with Crippen LogP contribution < -0.4 is 10.2 Å². The zero-order valence-electron chi connectivity index (χ0n) is 16.9. The molecular formula is C24H25N5O. The Morgan fingerprint density at radius 2 is 1.97 bits per heavy atom. The van der Waals surface area contributed by atoms with Crippen LogP contribution in [0.15, 0.2) is 55.0 Å². The molecule has 6 rings (SSSR count). The summed E-state index contributed by atoms with van der Waals surface area (Å²) in [6.45, 7) is 0. The predicted molar refractivity (Wildman–Crippen MR) is 116 cm³/mol. The lowest BCUT2D eigenvalue weighted by atomic mass is 9.91. The van der Waals surface area contributed by atoms with E-state index in [4.69, 9.17) is 0 Å². The third kappa shape index (κ3) is 2.98. The van der Waals surface area contributed by atoms with Crippen LogP contribution in [0, 0.1) is 11.8 Å². The van der Waals surface area contributed by atoms with Gasteiger partial charge in [0.1, 0.15) is 5.82 Å². The molecule has 1 amide bonds. The molecule has 3 unspecified atom stereocenters. The Morgan fingerprint density at radius 3 is 2.70 bits per heavy atom. The summed E-state index contributed by atoms with van der Waals surface area (Å²) in [6.07, 6.45) is 12.1. The number of rotatable bonds is 4. The number of aryl methyl sites for hydroxylation is 1. The molecule has 2 saturated carbocycles. The lowest BCUT2D eigenvalue weighted by Gasteiger charge is -2.38. The van der Waals surface area contributed by atoms with Gasteiger partial charge in [-0.1, -0.05) is 6.42 Å². The molecule has 3 aliphatic rings. The van der Waals surface area contributed by atoms with Gasteiger partial charge in [0.15, 0.2) is 0 Å². The van der Waals surface area contributed by atoms with Crippen molar-refractivity contribution in [2.24, 2.45) is 11.8 Å². The fourth-order valence-electron chi connectivity index (χ4n) is 5.61. The van der Waals surface area contributed by atoms with Crippen molar-refractivity contribution in [1.82, 2.24) is 14.8 Å². The van der Waals surface area contributed by atoms with E-state index >= 15 is 0 Å². The molecule has 1 aromatic carbocycles. The lowest BCUT2D eigenvalue weighted by Crippen LogP contribution is -2.46. The molecule has 1 aliphatic heterocycles. The van der Waals surface area contributed by atoms with Crippen molar-refractivity contribution in [3.05, 3.63) is 60.6 Å². The summed E-state index contributed by atoms with van der Waals surface area (Å²) in [5.74, 6) is 2.54. The zero-order valence-corrected chi connectivity index (χ0v) is 16.9. The van der Waals surface area contributed by atoms with Gasteiger partial charge in [-0.2, -0.15) is 5.10 Å². The first kappa shape index (κ1) is 17.7. The highest BCUT2D eigenvalue weighted by atomic mass is 16.2. The van der Waals surface area contributed by atoms with Crippen LogP contribution in [0.4, 0.5) is 17.2 Å². The van der Waals surface area contributed by atoms with Gasteiger partial charge < -0.3 is 10.2 Å². The molecule has 152 valence electrons. The number of hydrogen-bond donors (Lipinski definition) is 1. The van der Waals surface area contributed by atoms with Crippen molar-refractivity contribution in [2.45, 2.75) is 44.6 Å².